The third-order valence-electron chi connectivity index (χ3n) is 2.89. The summed E-state index contributed by atoms with van der Waals surface area (Å²) in [6.07, 6.45) is 2.44. The maximum atomic E-state index is 12.3. The molecule has 5 heteroatoms. The minimum absolute atomic E-state index is 0.110. The van der Waals surface area contributed by atoms with Crippen LogP contribution >= 0.6 is 15.9 Å². The van der Waals surface area contributed by atoms with Crippen molar-refractivity contribution >= 4 is 27.5 Å². The molecule has 0 aliphatic rings. The van der Waals surface area contributed by atoms with Crippen molar-refractivity contribution in [2.45, 2.75) is 6.42 Å². The van der Waals surface area contributed by atoms with Crippen LogP contribution in [0.25, 0.3) is 0 Å². The molecule has 20 heavy (non-hydrogen) atoms. The van der Waals surface area contributed by atoms with Gasteiger partial charge in [0.15, 0.2) is 0 Å². The zero-order valence-electron chi connectivity index (χ0n) is 11.2. The topological polar surface area (TPSA) is 54.0 Å². The Bertz CT molecular complexity index is 584. The lowest BCUT2D eigenvalue weighted by Crippen LogP contribution is -2.17. The number of likely N-dealkylation sites (N-methyl/N-ethyl adjacent to an activating group) is 1. The van der Waals surface area contributed by atoms with Crippen LogP contribution in [0, 0.1) is 0 Å². The van der Waals surface area contributed by atoms with Crippen LogP contribution in [-0.2, 0) is 6.42 Å². The van der Waals surface area contributed by atoms with Crippen LogP contribution in [0.15, 0.2) is 47.2 Å². The lowest BCUT2D eigenvalue weighted by Gasteiger charge is -2.10. The first-order chi connectivity index (χ1) is 9.70. The molecule has 2 aromatic rings. The molecule has 0 bridgehead atoms. The van der Waals surface area contributed by atoms with Crippen LogP contribution in [0.1, 0.15) is 15.9 Å². The Hall–Kier alpha value is -1.72. The van der Waals surface area contributed by atoms with Crippen LogP contribution in [0.5, 0.6) is 0 Å². The molecule has 0 atom stereocenters. The maximum absolute atomic E-state index is 12.3. The van der Waals surface area contributed by atoms with Crippen LogP contribution in [0.3, 0.4) is 0 Å². The summed E-state index contributed by atoms with van der Waals surface area (Å²) in [5, 5.41) is 5.95. The summed E-state index contributed by atoms with van der Waals surface area (Å²) in [4.78, 5) is 16.4. The average molecular weight is 334 g/mol. The Labute approximate surface area is 126 Å². The van der Waals surface area contributed by atoms with Gasteiger partial charge in [-0.25, -0.2) is 4.98 Å². The lowest BCUT2D eigenvalue weighted by atomic mass is 10.0. The van der Waals surface area contributed by atoms with E-state index in [9.17, 15) is 4.79 Å². The van der Waals surface area contributed by atoms with E-state index in [-0.39, 0.29) is 5.91 Å². The monoisotopic (exact) mass is 333 g/mol. The van der Waals surface area contributed by atoms with Gasteiger partial charge in [-0.15, -0.1) is 0 Å². The van der Waals surface area contributed by atoms with Gasteiger partial charge in [0.05, 0.1) is 11.9 Å². The Morgan fingerprint density at radius 2 is 2.05 bits per heavy atom. The number of halogens is 1. The second kappa shape index (κ2) is 7.17. The van der Waals surface area contributed by atoms with Crippen LogP contribution in [0.2, 0.25) is 0 Å². The van der Waals surface area contributed by atoms with E-state index in [1.54, 1.807) is 12.3 Å². The van der Waals surface area contributed by atoms with Crippen molar-refractivity contribution in [3.8, 4) is 0 Å². The van der Waals surface area contributed by atoms with Crippen LogP contribution in [0.4, 0.5) is 5.69 Å². The maximum Gasteiger partial charge on any atom is 0.255 e. The molecule has 4 nitrogen and oxygen atoms in total. The highest BCUT2D eigenvalue weighted by molar-refractivity contribution is 9.10. The van der Waals surface area contributed by atoms with Crippen molar-refractivity contribution in [1.82, 2.24) is 10.3 Å². The van der Waals surface area contributed by atoms with Crippen molar-refractivity contribution < 1.29 is 4.79 Å². The molecule has 0 unspecified atom stereocenters. The van der Waals surface area contributed by atoms with Gasteiger partial charge in [0.1, 0.15) is 4.60 Å². The third-order valence-corrected chi connectivity index (χ3v) is 3.36. The first-order valence-corrected chi connectivity index (χ1v) is 7.15. The summed E-state index contributed by atoms with van der Waals surface area (Å²) in [6.45, 7) is 0.837. The number of carbonyl (C=O) groups excluding carboxylic acids is 1. The molecule has 1 aromatic carbocycles. The fourth-order valence-electron chi connectivity index (χ4n) is 1.87. The summed E-state index contributed by atoms with van der Waals surface area (Å²) in [7, 11) is 1.90. The molecule has 0 radical (unpaired) electrons. The van der Waals surface area contributed by atoms with E-state index in [4.69, 9.17) is 0 Å². The second-order valence-corrected chi connectivity index (χ2v) is 5.15. The van der Waals surface area contributed by atoms with Gasteiger partial charge in [0.25, 0.3) is 5.91 Å². The van der Waals surface area contributed by atoms with Crippen molar-refractivity contribution in [3.05, 3.63) is 58.3 Å². The van der Waals surface area contributed by atoms with Gasteiger partial charge < -0.3 is 10.6 Å². The minimum Gasteiger partial charge on any atom is -0.321 e. The van der Waals surface area contributed by atoms with Gasteiger partial charge in [-0.1, -0.05) is 18.2 Å². The number of benzene rings is 1. The minimum atomic E-state index is -0.110. The average Bonchev–Trinajstić information content (AvgIpc) is 2.47. The van der Waals surface area contributed by atoms with Gasteiger partial charge in [0, 0.05) is 5.56 Å². The quantitative estimate of drug-likeness (QED) is 0.827. The number of nitrogens with one attached hydrogen (secondary N) is 2. The SMILES string of the molecule is CNCCc1ccccc1C(=O)Nc1ccc(Br)nc1. The number of amides is 1. The van der Waals surface area contributed by atoms with E-state index < -0.39 is 0 Å². The van der Waals surface area contributed by atoms with Crippen molar-refractivity contribution in [2.75, 3.05) is 18.9 Å². The number of aromatic nitrogens is 1. The van der Waals surface area contributed by atoms with Crippen molar-refractivity contribution in [3.63, 3.8) is 0 Å². The highest BCUT2D eigenvalue weighted by Gasteiger charge is 2.10. The highest BCUT2D eigenvalue weighted by Crippen LogP contribution is 2.14. The number of rotatable bonds is 5. The largest absolute Gasteiger partial charge is 0.321 e. The molecule has 1 heterocycles. The van der Waals surface area contributed by atoms with Gasteiger partial charge in [0.2, 0.25) is 0 Å². The molecule has 1 amide bonds. The van der Waals surface area contributed by atoms with Crippen molar-refractivity contribution in [1.29, 1.82) is 0 Å². The summed E-state index contributed by atoms with van der Waals surface area (Å²) in [5.41, 5.74) is 2.41. The molecule has 2 rings (SSSR count). The first-order valence-electron chi connectivity index (χ1n) is 6.36. The number of nitrogens with zero attached hydrogens (tertiary/aromatic N) is 1. The smallest absolute Gasteiger partial charge is 0.255 e. The van der Waals surface area contributed by atoms with E-state index in [0.717, 1.165) is 23.1 Å². The zero-order chi connectivity index (χ0) is 14.4. The molecule has 0 aliphatic heterocycles. The summed E-state index contributed by atoms with van der Waals surface area (Å²) >= 11 is 3.27. The Morgan fingerprint density at radius 1 is 1.25 bits per heavy atom. The Morgan fingerprint density at radius 3 is 2.75 bits per heavy atom. The molecule has 0 fully saturated rings. The van der Waals surface area contributed by atoms with E-state index >= 15 is 0 Å². The van der Waals surface area contributed by atoms with Gasteiger partial charge >= 0.3 is 0 Å². The highest BCUT2D eigenvalue weighted by atomic mass is 79.9. The molecular formula is C15H16BrN3O. The summed E-state index contributed by atoms with van der Waals surface area (Å²) in [6, 6.07) is 11.2. The molecule has 2 N–H and O–H groups in total. The number of hydrogen-bond donors (Lipinski definition) is 2. The molecule has 0 saturated carbocycles. The molecule has 0 saturated heterocycles. The zero-order valence-corrected chi connectivity index (χ0v) is 12.8. The summed E-state index contributed by atoms with van der Waals surface area (Å²) < 4.78 is 0.741. The predicted molar refractivity (Wildman–Crippen MR) is 84.0 cm³/mol. The first kappa shape index (κ1) is 14.7. The van der Waals surface area contributed by atoms with E-state index in [1.165, 1.54) is 0 Å². The van der Waals surface area contributed by atoms with Crippen LogP contribution in [-0.4, -0.2) is 24.5 Å². The Balaban J connectivity index is 2.14. The molecule has 0 aliphatic carbocycles. The van der Waals surface area contributed by atoms with Gasteiger partial charge in [-0.05, 0) is 59.7 Å². The number of pyridine rings is 1. The molecule has 1 aromatic heterocycles. The Kier molecular flexibility index (Phi) is 5.26. The van der Waals surface area contributed by atoms with Gasteiger partial charge in [-0.2, -0.15) is 0 Å². The second-order valence-electron chi connectivity index (χ2n) is 4.33. The number of hydrogen-bond acceptors (Lipinski definition) is 3. The number of carbonyl (C=O) groups is 1. The lowest BCUT2D eigenvalue weighted by molar-refractivity contribution is 0.102. The fourth-order valence-corrected chi connectivity index (χ4v) is 2.10. The van der Waals surface area contributed by atoms with E-state index in [2.05, 4.69) is 31.5 Å². The normalized spacial score (nSPS) is 10.3. The predicted octanol–water partition coefficient (Wildman–Crippen LogP) is 2.86. The van der Waals surface area contributed by atoms with E-state index in [0.29, 0.717) is 11.3 Å². The molecule has 0 spiro atoms. The fraction of sp³-hybridized carbons (Fsp3) is 0.200. The standard InChI is InChI=1S/C15H16BrN3O/c1-17-9-8-11-4-2-3-5-13(11)15(20)19-12-6-7-14(16)18-10-12/h2-7,10,17H,8-9H2,1H3,(H,19,20). The van der Waals surface area contributed by atoms with E-state index in [1.807, 2.05) is 37.4 Å². The molecular weight excluding hydrogens is 318 g/mol. The van der Waals surface area contributed by atoms with Gasteiger partial charge in [-0.3, -0.25) is 4.79 Å². The van der Waals surface area contributed by atoms with Crippen molar-refractivity contribution in [2.24, 2.45) is 0 Å². The number of anilines is 1. The molecule has 104 valence electrons. The summed E-state index contributed by atoms with van der Waals surface area (Å²) in [5.74, 6) is -0.110. The van der Waals surface area contributed by atoms with Crippen LogP contribution < -0.4 is 10.6 Å². The third kappa shape index (κ3) is 3.88.